The zero-order valence-corrected chi connectivity index (χ0v) is 6.00. The summed E-state index contributed by atoms with van der Waals surface area (Å²) >= 11 is 0. The van der Waals surface area contributed by atoms with Crippen molar-refractivity contribution in [2.45, 2.75) is 5.09 Å². The summed E-state index contributed by atoms with van der Waals surface area (Å²) in [6.45, 7) is 0. The van der Waals surface area contributed by atoms with Crippen LogP contribution in [0, 0.1) is 11.3 Å². The van der Waals surface area contributed by atoms with Gasteiger partial charge in [-0.3, -0.25) is 4.55 Å². The minimum absolute atomic E-state index is 0.155. The molecule has 0 atom stereocenters. The first kappa shape index (κ1) is 7.78. The molecule has 0 bridgehead atoms. The van der Waals surface area contributed by atoms with Gasteiger partial charge in [0, 0.05) is 0 Å². The summed E-state index contributed by atoms with van der Waals surface area (Å²) < 4.78 is 33.4. The predicted molar refractivity (Wildman–Crippen MR) is 33.2 cm³/mol. The summed E-state index contributed by atoms with van der Waals surface area (Å²) in [6, 6.07) is 3.74. The number of rotatable bonds is 1. The highest BCUT2D eigenvalue weighted by molar-refractivity contribution is 7.85. The van der Waals surface area contributed by atoms with Crippen molar-refractivity contribution in [1.29, 1.82) is 5.26 Å². The first-order valence-electron chi connectivity index (χ1n) is 2.51. The quantitative estimate of drug-likeness (QED) is 0.620. The molecule has 1 N–H and O–H groups in total. The zero-order chi connectivity index (χ0) is 8.48. The number of hydrogen-bond acceptors (Lipinski definition) is 4. The van der Waals surface area contributed by atoms with Crippen LogP contribution < -0.4 is 0 Å². The Morgan fingerprint density at radius 2 is 2.18 bits per heavy atom. The molecule has 0 radical (unpaired) electrons. The molecule has 1 rings (SSSR count). The summed E-state index contributed by atoms with van der Waals surface area (Å²) in [5.74, 6) is -0.155. The van der Waals surface area contributed by atoms with Crippen LogP contribution in [-0.2, 0) is 10.1 Å². The van der Waals surface area contributed by atoms with Crippen molar-refractivity contribution in [1.82, 2.24) is 0 Å². The molecule has 0 aliphatic carbocycles. The van der Waals surface area contributed by atoms with Crippen molar-refractivity contribution in [3.8, 4) is 6.07 Å². The normalized spacial score (nSPS) is 10.9. The standard InChI is InChI=1S/C5H3NO4S/c6-3-4-1-2-5(10-4)11(7,8)9/h1-2H,(H,7,8,9). The van der Waals surface area contributed by atoms with Gasteiger partial charge in [0.25, 0.3) is 0 Å². The van der Waals surface area contributed by atoms with Crippen molar-refractivity contribution in [2.24, 2.45) is 0 Å². The number of nitriles is 1. The summed E-state index contributed by atoms with van der Waals surface area (Å²) in [7, 11) is -4.31. The lowest BCUT2D eigenvalue weighted by Gasteiger charge is -1.85. The second kappa shape index (κ2) is 2.38. The van der Waals surface area contributed by atoms with Gasteiger partial charge in [-0.15, -0.1) is 0 Å². The van der Waals surface area contributed by atoms with Crippen molar-refractivity contribution in [3.63, 3.8) is 0 Å². The Balaban J connectivity index is 3.22. The fourth-order valence-corrected chi connectivity index (χ4v) is 0.954. The van der Waals surface area contributed by atoms with Crippen LogP contribution in [0.1, 0.15) is 5.76 Å². The first-order chi connectivity index (χ1) is 5.04. The molecule has 0 aliphatic rings. The molecule has 58 valence electrons. The maximum atomic E-state index is 10.3. The SMILES string of the molecule is N#Cc1ccc(S(=O)(=O)O)o1. The van der Waals surface area contributed by atoms with E-state index in [0.29, 0.717) is 0 Å². The highest BCUT2D eigenvalue weighted by atomic mass is 32.2. The number of furan rings is 1. The summed E-state index contributed by atoms with van der Waals surface area (Å²) in [5.41, 5.74) is 0. The van der Waals surface area contributed by atoms with Crippen molar-refractivity contribution in [2.75, 3.05) is 0 Å². The minimum atomic E-state index is -4.31. The topological polar surface area (TPSA) is 91.3 Å². The first-order valence-corrected chi connectivity index (χ1v) is 3.95. The molecular formula is C5H3NO4S. The van der Waals surface area contributed by atoms with Crippen LogP contribution in [0.2, 0.25) is 0 Å². The Bertz CT molecular complexity index is 396. The maximum Gasteiger partial charge on any atom is 0.328 e. The van der Waals surface area contributed by atoms with E-state index in [2.05, 4.69) is 4.42 Å². The molecule has 6 heteroatoms. The minimum Gasteiger partial charge on any atom is -0.432 e. The third kappa shape index (κ3) is 1.58. The van der Waals surface area contributed by atoms with Crippen LogP contribution in [0.4, 0.5) is 0 Å². The van der Waals surface area contributed by atoms with Crippen LogP contribution in [0.3, 0.4) is 0 Å². The average molecular weight is 173 g/mol. The Kier molecular flexibility index (Phi) is 1.68. The van der Waals surface area contributed by atoms with Gasteiger partial charge in [0.1, 0.15) is 6.07 Å². The Morgan fingerprint density at radius 3 is 2.45 bits per heavy atom. The molecule has 0 fully saturated rings. The highest BCUT2D eigenvalue weighted by Gasteiger charge is 2.14. The second-order valence-corrected chi connectivity index (χ2v) is 3.06. The van der Waals surface area contributed by atoms with Crippen molar-refractivity contribution in [3.05, 3.63) is 17.9 Å². The van der Waals surface area contributed by atoms with Gasteiger partial charge >= 0.3 is 10.1 Å². The van der Waals surface area contributed by atoms with Gasteiger partial charge in [-0.2, -0.15) is 13.7 Å². The smallest absolute Gasteiger partial charge is 0.328 e. The summed E-state index contributed by atoms with van der Waals surface area (Å²) in [4.78, 5) is 0. The van der Waals surface area contributed by atoms with Crippen LogP contribution in [0.15, 0.2) is 21.6 Å². The van der Waals surface area contributed by atoms with Crippen LogP contribution >= 0.6 is 0 Å². The summed E-state index contributed by atoms with van der Waals surface area (Å²) in [5, 5.41) is 7.58. The van der Waals surface area contributed by atoms with E-state index < -0.39 is 15.2 Å². The molecule has 1 aromatic heterocycles. The third-order valence-corrected chi connectivity index (χ3v) is 1.67. The largest absolute Gasteiger partial charge is 0.432 e. The fraction of sp³-hybridized carbons (Fsp3) is 0. The highest BCUT2D eigenvalue weighted by Crippen LogP contribution is 2.11. The van der Waals surface area contributed by atoms with Gasteiger partial charge in [-0.25, -0.2) is 0 Å². The second-order valence-electron chi connectivity index (χ2n) is 1.71. The van der Waals surface area contributed by atoms with Gasteiger partial charge in [0.2, 0.25) is 10.9 Å². The molecule has 0 saturated heterocycles. The molecule has 1 aromatic rings. The molecule has 0 amide bonds. The van der Waals surface area contributed by atoms with Gasteiger partial charge in [-0.1, -0.05) is 0 Å². The number of nitrogens with zero attached hydrogens (tertiary/aromatic N) is 1. The average Bonchev–Trinajstić information content (AvgIpc) is 2.32. The van der Waals surface area contributed by atoms with E-state index in [1.165, 1.54) is 0 Å². The van der Waals surface area contributed by atoms with E-state index >= 15 is 0 Å². The molecule has 0 spiro atoms. The molecular weight excluding hydrogens is 170 g/mol. The van der Waals surface area contributed by atoms with Gasteiger partial charge in [0.15, 0.2) is 0 Å². The molecule has 0 aromatic carbocycles. The van der Waals surface area contributed by atoms with Crippen molar-refractivity contribution < 1.29 is 17.4 Å². The third-order valence-electron chi connectivity index (χ3n) is 0.946. The van der Waals surface area contributed by atoms with E-state index in [-0.39, 0.29) is 5.76 Å². The molecule has 0 unspecified atom stereocenters. The lowest BCUT2D eigenvalue weighted by atomic mass is 10.5. The Hall–Kier alpha value is -1.32. The van der Waals surface area contributed by atoms with Crippen LogP contribution in [0.5, 0.6) is 0 Å². The molecule has 0 saturated carbocycles. The maximum absolute atomic E-state index is 10.3. The number of hydrogen-bond donors (Lipinski definition) is 1. The molecule has 0 aliphatic heterocycles. The van der Waals surface area contributed by atoms with Crippen molar-refractivity contribution >= 4 is 10.1 Å². The predicted octanol–water partition coefficient (Wildman–Crippen LogP) is 0.398. The Labute approximate surface area is 62.6 Å². The Morgan fingerprint density at radius 1 is 1.55 bits per heavy atom. The van der Waals surface area contributed by atoms with Crippen LogP contribution in [0.25, 0.3) is 0 Å². The molecule has 11 heavy (non-hydrogen) atoms. The van der Waals surface area contributed by atoms with E-state index in [0.717, 1.165) is 12.1 Å². The lowest BCUT2D eigenvalue weighted by molar-refractivity contribution is 0.402. The van der Waals surface area contributed by atoms with E-state index in [1.807, 2.05) is 0 Å². The monoisotopic (exact) mass is 173 g/mol. The molecule has 1 heterocycles. The summed E-state index contributed by atoms with van der Waals surface area (Å²) in [6.07, 6.45) is 0. The van der Waals surface area contributed by atoms with E-state index in [4.69, 9.17) is 9.81 Å². The van der Waals surface area contributed by atoms with Gasteiger partial charge in [-0.05, 0) is 12.1 Å². The molecule has 5 nitrogen and oxygen atoms in total. The van der Waals surface area contributed by atoms with Gasteiger partial charge in [0.05, 0.1) is 0 Å². The van der Waals surface area contributed by atoms with E-state index in [9.17, 15) is 8.42 Å². The van der Waals surface area contributed by atoms with E-state index in [1.54, 1.807) is 6.07 Å². The fourth-order valence-electron chi connectivity index (χ4n) is 0.519. The lowest BCUT2D eigenvalue weighted by Crippen LogP contribution is -1.94. The van der Waals surface area contributed by atoms with Crippen LogP contribution in [-0.4, -0.2) is 13.0 Å². The zero-order valence-electron chi connectivity index (χ0n) is 5.18. The van der Waals surface area contributed by atoms with Gasteiger partial charge < -0.3 is 4.42 Å².